The summed E-state index contributed by atoms with van der Waals surface area (Å²) < 4.78 is 1.16. The molecule has 14 rings (SSSR count). The number of nitrogens with zero attached hydrogens (tertiary/aromatic N) is 1. The van der Waals surface area contributed by atoms with E-state index in [1.807, 2.05) is 12.1 Å². The van der Waals surface area contributed by atoms with Gasteiger partial charge in [0.05, 0.1) is 0 Å². The molecule has 1 N–H and O–H groups in total. The Kier molecular flexibility index (Phi) is 14.8. The molecule has 0 radical (unpaired) electrons. The molecule has 2 aliphatic rings. The van der Waals surface area contributed by atoms with E-state index in [9.17, 15) is 0 Å². The van der Waals surface area contributed by atoms with Crippen LogP contribution in [-0.4, -0.2) is 0 Å². The van der Waals surface area contributed by atoms with Crippen molar-refractivity contribution < 1.29 is 0 Å². The first-order valence-electron chi connectivity index (χ1n) is 27.9. The summed E-state index contributed by atoms with van der Waals surface area (Å²) in [7, 11) is 0. The lowest BCUT2D eigenvalue weighted by molar-refractivity contribution is 0.660. The van der Waals surface area contributed by atoms with Gasteiger partial charge in [0.15, 0.2) is 0 Å². The summed E-state index contributed by atoms with van der Waals surface area (Å²) in [5.74, 6) is 0. The largest absolute Gasteiger partial charge is 0.356 e. The summed E-state index contributed by atoms with van der Waals surface area (Å²) in [6.07, 6.45) is 0. The maximum Gasteiger partial charge on any atom is 0.0465 e. The summed E-state index contributed by atoms with van der Waals surface area (Å²) in [5.41, 5.74) is 26.6. The Hall–Kier alpha value is -9.28. The standard InChI is InChI=1S/C39H31N.C24H19N.C15H13Br/c1-39(2)37-16-10-9-15-35(37)36-26-25-34(27-38(36)39)40(32-21-17-30(18-22-32)28-11-5-3-6-12-28)33-23-19-31(20-24-33)29-13-7-4-8-14-29;1-3-7-19(8-4-1)21-11-15-23(16-12-21)25-24-17-13-22(14-18-24)20-9-5-2-6-10-20;1-15(2)13-6-4-3-5-11(13)12-8-7-10(16)9-14(12)15/h3-27H,1-2H3;1-18,25H;3-9H,1-2H3. The Labute approximate surface area is 486 Å². The Morgan fingerprint density at radius 2 is 0.543 bits per heavy atom. The van der Waals surface area contributed by atoms with E-state index in [4.69, 9.17) is 0 Å². The van der Waals surface area contributed by atoms with Crippen molar-refractivity contribution >= 4 is 44.4 Å². The normalized spacial score (nSPS) is 12.7. The average molecular weight is 1110 g/mol. The number of nitrogens with one attached hydrogen (secondary N) is 1. The van der Waals surface area contributed by atoms with Crippen LogP contribution < -0.4 is 10.2 Å². The number of rotatable bonds is 9. The summed E-state index contributed by atoms with van der Waals surface area (Å²) in [4.78, 5) is 2.38. The average Bonchev–Trinajstić information content (AvgIpc) is 4.16. The van der Waals surface area contributed by atoms with E-state index in [-0.39, 0.29) is 10.8 Å². The Balaban J connectivity index is 0.000000134. The van der Waals surface area contributed by atoms with Crippen LogP contribution in [0.15, 0.2) is 308 Å². The highest BCUT2D eigenvalue weighted by atomic mass is 79.9. The fraction of sp³-hybridized carbons (Fsp3) is 0.0769. The van der Waals surface area contributed by atoms with Crippen LogP contribution in [0.25, 0.3) is 66.8 Å². The maximum absolute atomic E-state index is 3.56. The van der Waals surface area contributed by atoms with Gasteiger partial charge in [0.1, 0.15) is 0 Å². The summed E-state index contributed by atoms with van der Waals surface area (Å²) in [6.45, 7) is 9.28. The third-order valence-electron chi connectivity index (χ3n) is 16.1. The second-order valence-electron chi connectivity index (χ2n) is 21.9. The summed E-state index contributed by atoms with van der Waals surface area (Å²) >= 11 is 3.56. The van der Waals surface area contributed by atoms with Gasteiger partial charge in [-0.15, -0.1) is 0 Å². The predicted octanol–water partition coefficient (Wildman–Crippen LogP) is 22.3. The lowest BCUT2D eigenvalue weighted by Gasteiger charge is -2.28. The molecular formula is C78H63BrN2. The van der Waals surface area contributed by atoms with Crippen LogP contribution in [0.2, 0.25) is 0 Å². The monoisotopic (exact) mass is 1110 g/mol. The van der Waals surface area contributed by atoms with E-state index in [0.717, 1.165) is 27.2 Å². The fourth-order valence-corrected chi connectivity index (χ4v) is 12.1. The third-order valence-corrected chi connectivity index (χ3v) is 16.6. The van der Waals surface area contributed by atoms with Crippen molar-refractivity contribution in [2.45, 2.75) is 38.5 Å². The molecule has 0 saturated heterocycles. The minimum absolute atomic E-state index is 0.0536. The molecule has 0 unspecified atom stereocenters. The molecule has 0 aromatic heterocycles. The lowest BCUT2D eigenvalue weighted by atomic mass is 9.82. The summed E-state index contributed by atoms with van der Waals surface area (Å²) in [6, 6.07) is 108. The molecule has 0 fully saturated rings. The van der Waals surface area contributed by atoms with E-state index in [1.165, 1.54) is 94.7 Å². The van der Waals surface area contributed by atoms with Crippen LogP contribution in [0, 0.1) is 0 Å². The molecule has 2 nitrogen and oxygen atoms in total. The van der Waals surface area contributed by atoms with E-state index in [2.05, 4.69) is 345 Å². The van der Waals surface area contributed by atoms with Crippen molar-refractivity contribution in [3.8, 4) is 66.8 Å². The van der Waals surface area contributed by atoms with E-state index < -0.39 is 0 Å². The fourth-order valence-electron chi connectivity index (χ4n) is 11.7. The first kappa shape index (κ1) is 52.4. The van der Waals surface area contributed by atoms with Crippen LogP contribution in [0.4, 0.5) is 28.4 Å². The van der Waals surface area contributed by atoms with Crippen LogP contribution in [-0.2, 0) is 10.8 Å². The molecular weight excluding hydrogens is 1040 g/mol. The van der Waals surface area contributed by atoms with E-state index >= 15 is 0 Å². The molecule has 2 aliphatic carbocycles. The van der Waals surface area contributed by atoms with Crippen LogP contribution >= 0.6 is 15.9 Å². The number of anilines is 5. The molecule has 0 spiro atoms. The molecule has 81 heavy (non-hydrogen) atoms. The van der Waals surface area contributed by atoms with Gasteiger partial charge >= 0.3 is 0 Å². The molecule has 12 aromatic rings. The van der Waals surface area contributed by atoms with Crippen molar-refractivity contribution in [1.82, 2.24) is 0 Å². The van der Waals surface area contributed by atoms with E-state index in [0.29, 0.717) is 0 Å². The first-order chi connectivity index (χ1) is 39.6. The van der Waals surface area contributed by atoms with Crippen molar-refractivity contribution in [3.05, 3.63) is 330 Å². The Morgan fingerprint density at radius 3 is 0.926 bits per heavy atom. The maximum atomic E-state index is 3.56. The molecule has 0 saturated carbocycles. The van der Waals surface area contributed by atoms with E-state index in [1.54, 1.807) is 0 Å². The predicted molar refractivity (Wildman–Crippen MR) is 348 cm³/mol. The van der Waals surface area contributed by atoms with Gasteiger partial charge in [-0.2, -0.15) is 0 Å². The highest BCUT2D eigenvalue weighted by Crippen LogP contribution is 2.51. The SMILES string of the molecule is CC1(C)c2ccccc2-c2ccc(Br)cc21.CC1(C)c2ccccc2-c2ccc(N(c3ccc(-c4ccccc4)cc3)c3ccc(-c4ccccc4)cc3)cc21.c1ccc(-c2ccc(Nc3ccc(-c4ccccc4)cc3)cc2)cc1. The van der Waals surface area contributed by atoms with Gasteiger partial charge in [0, 0.05) is 43.7 Å². The first-order valence-corrected chi connectivity index (χ1v) is 28.7. The zero-order chi connectivity index (χ0) is 55.3. The number of benzene rings is 12. The van der Waals surface area contributed by atoms with Gasteiger partial charge in [0.2, 0.25) is 0 Å². The zero-order valence-corrected chi connectivity index (χ0v) is 47.8. The number of fused-ring (bicyclic) bond motifs is 6. The van der Waals surface area contributed by atoms with Crippen LogP contribution in [0.1, 0.15) is 49.9 Å². The van der Waals surface area contributed by atoms with Crippen LogP contribution in [0.5, 0.6) is 0 Å². The van der Waals surface area contributed by atoms with Gasteiger partial charge in [-0.25, -0.2) is 0 Å². The topological polar surface area (TPSA) is 15.3 Å². The third kappa shape index (κ3) is 10.9. The van der Waals surface area contributed by atoms with Gasteiger partial charge in [0.25, 0.3) is 0 Å². The molecule has 0 aliphatic heterocycles. The van der Waals surface area contributed by atoms with Crippen molar-refractivity contribution in [3.63, 3.8) is 0 Å². The molecule has 0 heterocycles. The van der Waals surface area contributed by atoms with Gasteiger partial charge in [-0.05, 0) is 162 Å². The zero-order valence-electron chi connectivity index (χ0n) is 46.2. The van der Waals surface area contributed by atoms with Gasteiger partial charge in [-0.3, -0.25) is 0 Å². The van der Waals surface area contributed by atoms with Gasteiger partial charge in [-0.1, -0.05) is 274 Å². The smallest absolute Gasteiger partial charge is 0.0465 e. The molecule has 3 heteroatoms. The Bertz CT molecular complexity index is 3910. The summed E-state index contributed by atoms with van der Waals surface area (Å²) in [5, 5.41) is 3.46. The minimum atomic E-state index is -0.0536. The highest BCUT2D eigenvalue weighted by Gasteiger charge is 2.36. The molecule has 12 aromatic carbocycles. The van der Waals surface area contributed by atoms with Crippen molar-refractivity contribution in [2.75, 3.05) is 10.2 Å². The lowest BCUT2D eigenvalue weighted by Crippen LogP contribution is -2.16. The van der Waals surface area contributed by atoms with Crippen molar-refractivity contribution in [1.29, 1.82) is 0 Å². The van der Waals surface area contributed by atoms with Crippen LogP contribution in [0.3, 0.4) is 0 Å². The van der Waals surface area contributed by atoms with Crippen molar-refractivity contribution in [2.24, 2.45) is 0 Å². The van der Waals surface area contributed by atoms with Gasteiger partial charge < -0.3 is 10.2 Å². The quantitative estimate of drug-likeness (QED) is 0.155. The molecule has 0 amide bonds. The minimum Gasteiger partial charge on any atom is -0.356 e. The second-order valence-corrected chi connectivity index (χ2v) is 22.8. The number of hydrogen-bond donors (Lipinski definition) is 1. The number of halogens is 1. The highest BCUT2D eigenvalue weighted by molar-refractivity contribution is 9.10. The number of hydrogen-bond acceptors (Lipinski definition) is 2. The molecule has 0 bridgehead atoms. The molecule has 392 valence electrons. The molecule has 0 atom stereocenters. The second kappa shape index (κ2) is 22.8. The Morgan fingerprint density at radius 1 is 0.259 bits per heavy atom.